The molecule has 1 amide bonds. The second-order valence-electron chi connectivity index (χ2n) is 10.5. The second kappa shape index (κ2) is 9.03. The number of Topliss-reactive ketones (excluding diaryl/α,β-unsaturated/α-hetero) is 1. The van der Waals surface area contributed by atoms with Crippen LogP contribution >= 0.6 is 23.1 Å². The maximum absolute atomic E-state index is 14.5. The number of aromatic nitrogens is 2. The normalized spacial score (nSPS) is 21.6. The first-order valence-electron chi connectivity index (χ1n) is 12.2. The number of nitrogens with two attached hydrogens (primary N) is 1. The molecule has 2 aromatic carbocycles. The van der Waals surface area contributed by atoms with Gasteiger partial charge in [-0.25, -0.2) is 4.39 Å². The Labute approximate surface area is 232 Å². The van der Waals surface area contributed by atoms with Crippen LogP contribution in [0.25, 0.3) is 0 Å². The zero-order valence-electron chi connectivity index (χ0n) is 21.1. The Morgan fingerprint density at radius 1 is 1.18 bits per heavy atom. The molecule has 0 saturated heterocycles. The molecule has 1 aliphatic carbocycles. The minimum atomic E-state index is -1.84. The standard InChI is InChI=1S/C28H23FN6O2S2/c1-27(2)11-20-22(21(36)12-27)28(17-10-16(29)8-9-19(17)32-24(28)37)18(13-30)23(31)35(20)25-33-34-26(39-25)38-14-15-6-4-3-5-7-15/h3-10H,11-12,14,31H2,1-2H3,(H,32,37). The highest BCUT2D eigenvalue weighted by Crippen LogP contribution is 2.57. The van der Waals surface area contributed by atoms with Crippen molar-refractivity contribution < 1.29 is 14.0 Å². The van der Waals surface area contributed by atoms with E-state index in [2.05, 4.69) is 21.6 Å². The van der Waals surface area contributed by atoms with Crippen LogP contribution in [0.2, 0.25) is 0 Å². The molecule has 11 heteroatoms. The highest BCUT2D eigenvalue weighted by Gasteiger charge is 2.61. The van der Waals surface area contributed by atoms with Crippen LogP contribution in [-0.2, 0) is 20.8 Å². The lowest BCUT2D eigenvalue weighted by Crippen LogP contribution is -2.52. The lowest BCUT2D eigenvalue weighted by atomic mass is 9.61. The number of anilines is 2. The lowest BCUT2D eigenvalue weighted by molar-refractivity contribution is -0.123. The van der Waals surface area contributed by atoms with E-state index >= 15 is 0 Å². The molecule has 3 aromatic rings. The fourth-order valence-electron chi connectivity index (χ4n) is 5.68. The first-order valence-corrected chi connectivity index (χ1v) is 14.0. The Bertz CT molecular complexity index is 1660. The van der Waals surface area contributed by atoms with E-state index < -0.39 is 22.6 Å². The number of nitrogens with zero attached hydrogens (tertiary/aromatic N) is 4. The van der Waals surface area contributed by atoms with Crippen molar-refractivity contribution in [2.45, 2.75) is 42.2 Å². The molecule has 0 bridgehead atoms. The number of halogens is 1. The predicted molar refractivity (Wildman–Crippen MR) is 147 cm³/mol. The number of hydrogen-bond acceptors (Lipinski definition) is 9. The summed E-state index contributed by atoms with van der Waals surface area (Å²) in [5.41, 5.74) is 6.57. The predicted octanol–water partition coefficient (Wildman–Crippen LogP) is 5.02. The third-order valence-electron chi connectivity index (χ3n) is 7.25. The van der Waals surface area contributed by atoms with Crippen molar-refractivity contribution in [3.63, 3.8) is 0 Å². The molecular formula is C28H23FN6O2S2. The Balaban J connectivity index is 1.52. The second-order valence-corrected chi connectivity index (χ2v) is 12.7. The number of hydrogen-bond donors (Lipinski definition) is 2. The summed E-state index contributed by atoms with van der Waals surface area (Å²) in [5.74, 6) is -0.807. The summed E-state index contributed by atoms with van der Waals surface area (Å²) >= 11 is 2.80. The van der Waals surface area contributed by atoms with Gasteiger partial charge in [-0.05, 0) is 35.6 Å². The van der Waals surface area contributed by atoms with Crippen molar-refractivity contribution >= 4 is 45.6 Å². The van der Waals surface area contributed by atoms with Gasteiger partial charge in [-0.1, -0.05) is 67.3 Å². The average molecular weight is 559 g/mol. The van der Waals surface area contributed by atoms with Gasteiger partial charge in [0, 0.05) is 34.7 Å². The van der Waals surface area contributed by atoms with Gasteiger partial charge in [-0.15, -0.1) is 10.2 Å². The Morgan fingerprint density at radius 2 is 1.95 bits per heavy atom. The molecule has 196 valence electrons. The molecule has 2 aliphatic heterocycles. The molecule has 6 rings (SSSR count). The van der Waals surface area contributed by atoms with Crippen molar-refractivity contribution in [3.05, 3.63) is 88.1 Å². The van der Waals surface area contributed by atoms with E-state index in [-0.39, 0.29) is 34.7 Å². The molecule has 1 aromatic heterocycles. The van der Waals surface area contributed by atoms with Crippen molar-refractivity contribution in [3.8, 4) is 6.07 Å². The number of allylic oxidation sites excluding steroid dienone is 1. The van der Waals surface area contributed by atoms with E-state index in [1.165, 1.54) is 41.3 Å². The number of benzene rings is 2. The van der Waals surface area contributed by atoms with Crippen LogP contribution in [0.4, 0.5) is 15.2 Å². The summed E-state index contributed by atoms with van der Waals surface area (Å²) in [6, 6.07) is 15.9. The molecule has 1 spiro atoms. The topological polar surface area (TPSA) is 125 Å². The maximum Gasteiger partial charge on any atom is 0.245 e. The highest BCUT2D eigenvalue weighted by atomic mass is 32.2. The summed E-state index contributed by atoms with van der Waals surface area (Å²) in [7, 11) is 0. The SMILES string of the molecule is CC1(C)CC(=O)C2=C(C1)N(c1nnc(SCc3ccccc3)s1)C(N)=C(C#N)C21C(=O)Nc2ccc(F)cc21. The van der Waals surface area contributed by atoms with E-state index in [9.17, 15) is 19.2 Å². The number of ketones is 1. The number of amides is 1. The third kappa shape index (κ3) is 3.85. The molecule has 8 nitrogen and oxygen atoms in total. The molecule has 3 aliphatic rings. The fraction of sp³-hybridized carbons (Fsp3) is 0.250. The van der Waals surface area contributed by atoms with Gasteiger partial charge in [-0.2, -0.15) is 5.26 Å². The number of carbonyl (C=O) groups excluding carboxylic acids is 2. The van der Waals surface area contributed by atoms with Crippen LogP contribution in [0.15, 0.2) is 75.5 Å². The van der Waals surface area contributed by atoms with Gasteiger partial charge >= 0.3 is 0 Å². The van der Waals surface area contributed by atoms with Gasteiger partial charge in [-0.3, -0.25) is 14.5 Å². The number of rotatable bonds is 4. The quantitative estimate of drug-likeness (QED) is 0.428. The molecule has 3 heterocycles. The zero-order chi connectivity index (χ0) is 27.5. The van der Waals surface area contributed by atoms with E-state index in [1.807, 2.05) is 44.2 Å². The molecular weight excluding hydrogens is 535 g/mol. The van der Waals surface area contributed by atoms with Crippen LogP contribution in [0.3, 0.4) is 0 Å². The number of fused-ring (bicyclic) bond motifs is 3. The minimum absolute atomic E-state index is 0.0234. The Morgan fingerprint density at radius 3 is 2.69 bits per heavy atom. The van der Waals surface area contributed by atoms with Gasteiger partial charge in [0.15, 0.2) is 10.1 Å². The van der Waals surface area contributed by atoms with Crippen LogP contribution in [0, 0.1) is 22.6 Å². The van der Waals surface area contributed by atoms with Crippen molar-refractivity contribution in [1.29, 1.82) is 5.26 Å². The summed E-state index contributed by atoms with van der Waals surface area (Å²) in [6.45, 7) is 3.92. The first-order chi connectivity index (χ1) is 18.7. The highest BCUT2D eigenvalue weighted by molar-refractivity contribution is 8.00. The van der Waals surface area contributed by atoms with E-state index in [0.29, 0.717) is 33.0 Å². The minimum Gasteiger partial charge on any atom is -0.384 e. The zero-order valence-corrected chi connectivity index (χ0v) is 22.8. The van der Waals surface area contributed by atoms with Crippen LogP contribution in [0.1, 0.15) is 37.8 Å². The van der Waals surface area contributed by atoms with Crippen LogP contribution in [-0.4, -0.2) is 21.9 Å². The van der Waals surface area contributed by atoms with E-state index in [1.54, 1.807) is 4.90 Å². The largest absolute Gasteiger partial charge is 0.384 e. The van der Waals surface area contributed by atoms with Crippen molar-refractivity contribution in [2.24, 2.45) is 11.1 Å². The lowest BCUT2D eigenvalue weighted by Gasteiger charge is -2.45. The van der Waals surface area contributed by atoms with Crippen LogP contribution < -0.4 is 16.0 Å². The summed E-state index contributed by atoms with van der Waals surface area (Å²) < 4.78 is 15.2. The van der Waals surface area contributed by atoms with E-state index in [0.717, 1.165) is 5.56 Å². The smallest absolute Gasteiger partial charge is 0.245 e. The molecule has 1 unspecified atom stereocenters. The molecule has 3 N–H and O–H groups in total. The summed E-state index contributed by atoms with van der Waals surface area (Å²) in [4.78, 5) is 29.2. The van der Waals surface area contributed by atoms with E-state index in [4.69, 9.17) is 5.73 Å². The molecule has 0 radical (unpaired) electrons. The fourth-order valence-corrected chi connectivity index (χ4v) is 7.52. The maximum atomic E-state index is 14.5. The van der Waals surface area contributed by atoms with Gasteiger partial charge < -0.3 is 11.1 Å². The van der Waals surface area contributed by atoms with Crippen molar-refractivity contribution in [1.82, 2.24) is 10.2 Å². The molecule has 1 atom stereocenters. The van der Waals surface area contributed by atoms with Gasteiger partial charge in [0.25, 0.3) is 0 Å². The van der Waals surface area contributed by atoms with Gasteiger partial charge in [0.1, 0.15) is 23.1 Å². The molecule has 0 saturated carbocycles. The Kier molecular flexibility index (Phi) is 5.86. The average Bonchev–Trinajstić information content (AvgIpc) is 3.46. The summed E-state index contributed by atoms with van der Waals surface area (Å²) in [6.07, 6.45) is 0.547. The monoisotopic (exact) mass is 558 g/mol. The molecule has 0 fully saturated rings. The van der Waals surface area contributed by atoms with Crippen LogP contribution in [0.5, 0.6) is 0 Å². The summed E-state index contributed by atoms with van der Waals surface area (Å²) in [5, 5.41) is 22.2. The Hall–Kier alpha value is -4.01. The molecule has 39 heavy (non-hydrogen) atoms. The number of nitrogens with one attached hydrogen (secondary N) is 1. The van der Waals surface area contributed by atoms with Gasteiger partial charge in [0.05, 0.1) is 5.57 Å². The van der Waals surface area contributed by atoms with Gasteiger partial charge in [0.2, 0.25) is 11.0 Å². The number of carbonyl (C=O) groups is 2. The third-order valence-corrected chi connectivity index (χ3v) is 9.36. The van der Waals surface area contributed by atoms with Crippen molar-refractivity contribution in [2.75, 3.05) is 10.2 Å². The number of thioether (sulfide) groups is 1. The number of nitriles is 1. The first kappa shape index (κ1) is 25.3.